The molecule has 0 aliphatic rings. The normalized spacial score (nSPS) is 11.3. The number of amides is 3. The van der Waals surface area contributed by atoms with Crippen LogP contribution in [0.25, 0.3) is 5.69 Å². The summed E-state index contributed by atoms with van der Waals surface area (Å²) in [6, 6.07) is 18.2. The summed E-state index contributed by atoms with van der Waals surface area (Å²) in [5.74, 6) is -3.71. The number of anilines is 2. The molecule has 1 aromatic heterocycles. The van der Waals surface area contributed by atoms with E-state index < -0.39 is 29.7 Å². The van der Waals surface area contributed by atoms with Gasteiger partial charge in [-0.1, -0.05) is 41.9 Å². The minimum absolute atomic E-state index is 0.0601. The fourth-order valence-electron chi connectivity index (χ4n) is 3.62. The van der Waals surface area contributed by atoms with E-state index in [4.69, 9.17) is 16.7 Å². The molecule has 0 fully saturated rings. The largest absolute Gasteiger partial charge is 0.478 e. The summed E-state index contributed by atoms with van der Waals surface area (Å²) in [6.07, 6.45) is 4.87. The van der Waals surface area contributed by atoms with Gasteiger partial charge in [0.2, 0.25) is 5.91 Å². The lowest BCUT2D eigenvalue weighted by molar-refractivity contribution is -0.137. The molecule has 0 aliphatic carbocycles. The molecule has 1 heterocycles. The molecule has 192 valence electrons. The summed E-state index contributed by atoms with van der Waals surface area (Å²) in [6.45, 7) is 0. The number of carbonyl (C=O) groups excluding carboxylic acids is 3. The molecule has 38 heavy (non-hydrogen) atoms. The summed E-state index contributed by atoms with van der Waals surface area (Å²) in [4.78, 5) is 53.9. The fraction of sp³-hybridized carbons (Fsp3) is 0.0741. The molecule has 0 spiro atoms. The summed E-state index contributed by atoms with van der Waals surface area (Å²) >= 11 is 6.10. The van der Waals surface area contributed by atoms with Crippen LogP contribution in [0.5, 0.6) is 0 Å². The summed E-state index contributed by atoms with van der Waals surface area (Å²) in [5.41, 5.74) is 1.96. The maximum absolute atomic E-state index is 13.1. The number of rotatable bonds is 8. The molecule has 4 aromatic rings. The van der Waals surface area contributed by atoms with Gasteiger partial charge in [0.05, 0.1) is 23.3 Å². The van der Waals surface area contributed by atoms with Gasteiger partial charge in [-0.25, -0.2) is 9.78 Å². The average molecular weight is 532 g/mol. The molecule has 0 saturated heterocycles. The van der Waals surface area contributed by atoms with Gasteiger partial charge in [-0.05, 0) is 48.0 Å². The number of nitrogens with one attached hydrogen (secondary N) is 3. The van der Waals surface area contributed by atoms with Crippen molar-refractivity contribution in [3.63, 3.8) is 0 Å². The lowest BCUT2D eigenvalue weighted by Crippen LogP contribution is -2.49. The lowest BCUT2D eigenvalue weighted by Gasteiger charge is -2.19. The van der Waals surface area contributed by atoms with E-state index in [1.165, 1.54) is 36.7 Å². The van der Waals surface area contributed by atoms with Gasteiger partial charge in [0.1, 0.15) is 6.04 Å². The third kappa shape index (κ3) is 6.62. The average Bonchev–Trinajstić information content (AvgIpc) is 3.44. The van der Waals surface area contributed by atoms with E-state index in [-0.39, 0.29) is 17.7 Å². The molecule has 4 rings (SSSR count). The third-order valence-corrected chi connectivity index (χ3v) is 5.73. The standard InChI is InChI=1S/C27H22ClN5O5/c28-19-8-11-23(33-13-12-29-16-33)21(15-19)31-25(35)26(36)32-22(14-17-4-2-1-3-5-17)24(34)30-20-9-6-18(7-10-20)27(37)38/h1-13,15-16,22H,14H2,(H,30,34)(H,31,35)(H,32,36)(H,37,38)/t22-/m0/s1. The number of carbonyl (C=O) groups is 4. The molecule has 0 aliphatic heterocycles. The Balaban J connectivity index is 1.50. The van der Waals surface area contributed by atoms with Crippen LogP contribution in [0.15, 0.2) is 91.5 Å². The van der Waals surface area contributed by atoms with Crippen molar-refractivity contribution in [2.45, 2.75) is 12.5 Å². The van der Waals surface area contributed by atoms with Gasteiger partial charge in [-0.15, -0.1) is 0 Å². The third-order valence-electron chi connectivity index (χ3n) is 5.50. The van der Waals surface area contributed by atoms with Crippen molar-refractivity contribution in [3.8, 4) is 5.69 Å². The van der Waals surface area contributed by atoms with Crippen molar-refractivity contribution < 1.29 is 24.3 Å². The first-order valence-corrected chi connectivity index (χ1v) is 11.8. The van der Waals surface area contributed by atoms with Crippen LogP contribution in [-0.2, 0) is 20.8 Å². The Hall–Kier alpha value is -4.96. The highest BCUT2D eigenvalue weighted by atomic mass is 35.5. The number of benzene rings is 3. The molecular formula is C27H22ClN5O5. The summed E-state index contributed by atoms with van der Waals surface area (Å²) in [7, 11) is 0. The van der Waals surface area contributed by atoms with E-state index in [2.05, 4.69) is 20.9 Å². The predicted octanol–water partition coefficient (Wildman–Crippen LogP) is 3.53. The van der Waals surface area contributed by atoms with Gasteiger partial charge in [0.25, 0.3) is 0 Å². The van der Waals surface area contributed by atoms with Crippen LogP contribution in [0.4, 0.5) is 11.4 Å². The first-order chi connectivity index (χ1) is 18.3. The molecule has 11 heteroatoms. The second-order valence-electron chi connectivity index (χ2n) is 8.17. The first kappa shape index (κ1) is 26.1. The van der Waals surface area contributed by atoms with Crippen LogP contribution >= 0.6 is 11.6 Å². The number of hydrogen-bond donors (Lipinski definition) is 4. The number of carboxylic acid groups (broad SMARTS) is 1. The molecule has 0 radical (unpaired) electrons. The zero-order valence-corrected chi connectivity index (χ0v) is 20.6. The van der Waals surface area contributed by atoms with E-state index in [0.29, 0.717) is 16.4 Å². The fourth-order valence-corrected chi connectivity index (χ4v) is 3.79. The highest BCUT2D eigenvalue weighted by Crippen LogP contribution is 2.24. The molecule has 0 unspecified atom stereocenters. The second kappa shape index (κ2) is 11.8. The van der Waals surface area contributed by atoms with Crippen molar-refractivity contribution in [1.29, 1.82) is 0 Å². The van der Waals surface area contributed by atoms with Crippen molar-refractivity contribution >= 4 is 46.7 Å². The maximum Gasteiger partial charge on any atom is 0.335 e. The SMILES string of the molecule is O=C(Nc1cc(Cl)ccc1-n1ccnc1)C(=O)N[C@@H](Cc1ccccc1)C(=O)Nc1ccc(C(=O)O)cc1. The summed E-state index contributed by atoms with van der Waals surface area (Å²) < 4.78 is 1.64. The van der Waals surface area contributed by atoms with Gasteiger partial charge in [0.15, 0.2) is 0 Å². The smallest absolute Gasteiger partial charge is 0.335 e. The zero-order valence-electron chi connectivity index (χ0n) is 19.8. The number of halogens is 1. The summed E-state index contributed by atoms with van der Waals surface area (Å²) in [5, 5.41) is 17.1. The monoisotopic (exact) mass is 531 g/mol. The molecular weight excluding hydrogens is 510 g/mol. The van der Waals surface area contributed by atoms with Crippen LogP contribution in [0, 0.1) is 0 Å². The second-order valence-corrected chi connectivity index (χ2v) is 8.61. The number of imidazole rings is 1. The molecule has 3 aromatic carbocycles. The van der Waals surface area contributed by atoms with Crippen LogP contribution in [0.1, 0.15) is 15.9 Å². The Morgan fingerprint density at radius 1 is 0.921 bits per heavy atom. The molecule has 10 nitrogen and oxygen atoms in total. The molecule has 3 amide bonds. The Labute approximate surface area is 222 Å². The Bertz CT molecular complexity index is 1460. The highest BCUT2D eigenvalue weighted by molar-refractivity contribution is 6.40. The Morgan fingerprint density at radius 3 is 2.32 bits per heavy atom. The number of carboxylic acids is 1. The van der Waals surface area contributed by atoms with Crippen LogP contribution in [-0.4, -0.2) is 44.4 Å². The maximum atomic E-state index is 13.1. The van der Waals surface area contributed by atoms with E-state index >= 15 is 0 Å². The molecule has 4 N–H and O–H groups in total. The minimum Gasteiger partial charge on any atom is -0.478 e. The van der Waals surface area contributed by atoms with Crippen molar-refractivity contribution in [2.75, 3.05) is 10.6 Å². The van der Waals surface area contributed by atoms with Gasteiger partial charge in [0, 0.05) is 29.5 Å². The van der Waals surface area contributed by atoms with Crippen molar-refractivity contribution in [1.82, 2.24) is 14.9 Å². The van der Waals surface area contributed by atoms with E-state index in [1.54, 1.807) is 53.4 Å². The van der Waals surface area contributed by atoms with Crippen LogP contribution in [0.2, 0.25) is 5.02 Å². The van der Waals surface area contributed by atoms with E-state index in [9.17, 15) is 19.2 Å². The first-order valence-electron chi connectivity index (χ1n) is 11.4. The van der Waals surface area contributed by atoms with Crippen molar-refractivity contribution in [3.05, 3.63) is 108 Å². The number of hydrogen-bond acceptors (Lipinski definition) is 5. The van der Waals surface area contributed by atoms with Crippen LogP contribution < -0.4 is 16.0 Å². The highest BCUT2D eigenvalue weighted by Gasteiger charge is 2.25. The van der Waals surface area contributed by atoms with Gasteiger partial charge in [-0.3, -0.25) is 14.4 Å². The van der Waals surface area contributed by atoms with Gasteiger partial charge in [-0.2, -0.15) is 0 Å². The predicted molar refractivity (Wildman–Crippen MR) is 141 cm³/mol. The number of aromatic carboxylic acids is 1. The Morgan fingerprint density at radius 2 is 1.66 bits per heavy atom. The number of aromatic nitrogens is 2. The molecule has 1 atom stereocenters. The van der Waals surface area contributed by atoms with Crippen LogP contribution in [0.3, 0.4) is 0 Å². The lowest BCUT2D eigenvalue weighted by atomic mass is 10.0. The van der Waals surface area contributed by atoms with Gasteiger partial charge >= 0.3 is 17.8 Å². The van der Waals surface area contributed by atoms with E-state index in [0.717, 1.165) is 5.56 Å². The molecule has 0 saturated carbocycles. The van der Waals surface area contributed by atoms with Crippen molar-refractivity contribution in [2.24, 2.45) is 0 Å². The topological polar surface area (TPSA) is 142 Å². The Kier molecular flexibility index (Phi) is 8.14. The van der Waals surface area contributed by atoms with Gasteiger partial charge < -0.3 is 25.6 Å². The minimum atomic E-state index is -1.11. The molecule has 0 bridgehead atoms. The zero-order chi connectivity index (χ0) is 27.1. The quantitative estimate of drug-likeness (QED) is 0.256. The van der Waals surface area contributed by atoms with E-state index in [1.807, 2.05) is 6.07 Å². The number of nitrogens with zero attached hydrogens (tertiary/aromatic N) is 2.